The fraction of sp³-hybridized carbons (Fsp3) is 0.160. The summed E-state index contributed by atoms with van der Waals surface area (Å²) >= 11 is 0. The molecule has 29 heavy (non-hydrogen) atoms. The lowest BCUT2D eigenvalue weighted by molar-refractivity contribution is -0.140. The van der Waals surface area contributed by atoms with Gasteiger partial charge in [0.2, 0.25) is 0 Å². The summed E-state index contributed by atoms with van der Waals surface area (Å²) in [6.07, 6.45) is 0. The average molecular weight is 387 g/mol. The smallest absolute Gasteiger partial charge is 0.333 e. The number of carbonyl (C=O) groups is 1. The largest absolute Gasteiger partial charge is 0.460 e. The molecule has 0 saturated carbocycles. The lowest BCUT2D eigenvalue weighted by atomic mass is 10.1. The zero-order valence-electron chi connectivity index (χ0n) is 16.6. The molecule has 148 valence electrons. The molecule has 0 aromatic heterocycles. The van der Waals surface area contributed by atoms with Crippen LogP contribution in [0, 0.1) is 0 Å². The van der Waals surface area contributed by atoms with Crippen molar-refractivity contribution < 1.29 is 14.3 Å². The minimum Gasteiger partial charge on any atom is -0.460 e. The number of anilines is 3. The molecule has 4 nitrogen and oxygen atoms in total. The van der Waals surface area contributed by atoms with Crippen LogP contribution in [0.25, 0.3) is 0 Å². The Kier molecular flexibility index (Phi) is 7.20. The third-order valence-electron chi connectivity index (χ3n) is 4.30. The Morgan fingerprint density at radius 2 is 1.31 bits per heavy atom. The van der Waals surface area contributed by atoms with Gasteiger partial charge in [-0.1, -0.05) is 55.1 Å². The molecule has 0 aliphatic carbocycles. The monoisotopic (exact) mass is 387 g/mol. The molecular formula is C25H25NO3. The van der Waals surface area contributed by atoms with E-state index in [1.165, 1.54) is 0 Å². The molecule has 0 unspecified atom stereocenters. The summed E-state index contributed by atoms with van der Waals surface area (Å²) in [6.45, 7) is 6.20. The topological polar surface area (TPSA) is 38.8 Å². The van der Waals surface area contributed by atoms with Crippen molar-refractivity contribution in [3.05, 3.63) is 103 Å². The molecule has 0 saturated heterocycles. The molecular weight excluding hydrogens is 362 g/mol. The standard InChI is InChI=1S/C25H25NO3/c1-20(2)25(27)29-18-17-28-19-21-13-15-24(16-14-21)26(22-9-5-3-6-10-22)23-11-7-4-8-12-23/h3-16H,1,17-19H2,2H3. The highest BCUT2D eigenvalue weighted by Crippen LogP contribution is 2.34. The van der Waals surface area contributed by atoms with Gasteiger partial charge in [-0.3, -0.25) is 0 Å². The molecule has 0 aliphatic heterocycles. The van der Waals surface area contributed by atoms with E-state index in [1.807, 2.05) is 48.5 Å². The minimum atomic E-state index is -0.389. The summed E-state index contributed by atoms with van der Waals surface area (Å²) < 4.78 is 10.6. The van der Waals surface area contributed by atoms with Crippen molar-refractivity contribution in [2.75, 3.05) is 18.1 Å². The van der Waals surface area contributed by atoms with Crippen LogP contribution in [0.4, 0.5) is 17.1 Å². The number of nitrogens with zero attached hydrogens (tertiary/aromatic N) is 1. The van der Waals surface area contributed by atoms with Gasteiger partial charge in [-0.15, -0.1) is 0 Å². The quantitative estimate of drug-likeness (QED) is 0.264. The number of ether oxygens (including phenoxy) is 2. The first-order valence-electron chi connectivity index (χ1n) is 9.54. The van der Waals surface area contributed by atoms with Gasteiger partial charge in [-0.2, -0.15) is 0 Å². The van der Waals surface area contributed by atoms with Crippen molar-refractivity contribution in [2.45, 2.75) is 13.5 Å². The molecule has 0 atom stereocenters. The second-order valence-electron chi connectivity index (χ2n) is 6.64. The van der Waals surface area contributed by atoms with Gasteiger partial charge >= 0.3 is 5.97 Å². The number of carbonyl (C=O) groups excluding carboxylic acids is 1. The fourth-order valence-electron chi connectivity index (χ4n) is 2.85. The van der Waals surface area contributed by atoms with E-state index in [2.05, 4.69) is 47.9 Å². The predicted octanol–water partition coefficient (Wildman–Crippen LogP) is 5.79. The van der Waals surface area contributed by atoms with Crippen LogP contribution in [-0.2, 0) is 20.9 Å². The highest BCUT2D eigenvalue weighted by Gasteiger charge is 2.11. The van der Waals surface area contributed by atoms with E-state index >= 15 is 0 Å². The van der Waals surface area contributed by atoms with E-state index in [0.29, 0.717) is 18.8 Å². The van der Waals surface area contributed by atoms with E-state index < -0.39 is 0 Å². The van der Waals surface area contributed by atoms with Gasteiger partial charge in [0.25, 0.3) is 0 Å². The summed E-state index contributed by atoms with van der Waals surface area (Å²) in [7, 11) is 0. The van der Waals surface area contributed by atoms with Crippen LogP contribution in [0.2, 0.25) is 0 Å². The lowest BCUT2D eigenvalue weighted by Gasteiger charge is -2.25. The zero-order valence-corrected chi connectivity index (χ0v) is 16.6. The highest BCUT2D eigenvalue weighted by atomic mass is 16.6. The average Bonchev–Trinajstić information content (AvgIpc) is 2.76. The molecule has 0 aliphatic rings. The number of esters is 1. The van der Waals surface area contributed by atoms with Gasteiger partial charge in [0.05, 0.1) is 13.2 Å². The summed E-state index contributed by atoms with van der Waals surface area (Å²) in [6, 6.07) is 28.8. The Hall–Kier alpha value is -3.37. The molecule has 3 aromatic carbocycles. The second kappa shape index (κ2) is 10.2. The van der Waals surface area contributed by atoms with Crippen molar-refractivity contribution in [3.8, 4) is 0 Å². The first-order chi connectivity index (χ1) is 14.1. The van der Waals surface area contributed by atoms with Gasteiger partial charge in [0, 0.05) is 22.6 Å². The maximum Gasteiger partial charge on any atom is 0.333 e. The number of hydrogen-bond acceptors (Lipinski definition) is 4. The molecule has 0 spiro atoms. The molecule has 0 N–H and O–H groups in total. The van der Waals surface area contributed by atoms with Crippen LogP contribution < -0.4 is 4.90 Å². The van der Waals surface area contributed by atoms with Crippen molar-refractivity contribution in [1.29, 1.82) is 0 Å². The lowest BCUT2D eigenvalue weighted by Crippen LogP contribution is -2.11. The molecule has 0 fully saturated rings. The molecule has 4 heteroatoms. The van der Waals surface area contributed by atoms with E-state index in [-0.39, 0.29) is 12.6 Å². The Labute approximate surface area is 172 Å². The van der Waals surface area contributed by atoms with Crippen LogP contribution in [0.15, 0.2) is 97.1 Å². The Bertz CT molecular complexity index is 882. The van der Waals surface area contributed by atoms with Crippen LogP contribution in [-0.4, -0.2) is 19.2 Å². The Morgan fingerprint density at radius 1 is 0.793 bits per heavy atom. The molecule has 0 heterocycles. The van der Waals surface area contributed by atoms with Gasteiger partial charge < -0.3 is 14.4 Å². The van der Waals surface area contributed by atoms with E-state index in [0.717, 1.165) is 22.6 Å². The Morgan fingerprint density at radius 3 is 1.83 bits per heavy atom. The van der Waals surface area contributed by atoms with Gasteiger partial charge in [-0.05, 0) is 48.9 Å². The second-order valence-corrected chi connectivity index (χ2v) is 6.64. The molecule has 3 aromatic rings. The molecule has 0 amide bonds. The SMILES string of the molecule is C=C(C)C(=O)OCCOCc1ccc(N(c2ccccc2)c2ccccc2)cc1. The fourth-order valence-corrected chi connectivity index (χ4v) is 2.85. The minimum absolute atomic E-state index is 0.222. The first kappa shape index (κ1) is 20.4. The molecule has 3 rings (SSSR count). The number of rotatable bonds is 9. The van der Waals surface area contributed by atoms with Gasteiger partial charge in [-0.25, -0.2) is 4.79 Å². The molecule has 0 radical (unpaired) electrons. The zero-order chi connectivity index (χ0) is 20.5. The maximum atomic E-state index is 11.3. The van der Waals surface area contributed by atoms with Crippen molar-refractivity contribution >= 4 is 23.0 Å². The summed E-state index contributed by atoms with van der Waals surface area (Å²) in [5.74, 6) is -0.389. The van der Waals surface area contributed by atoms with E-state index in [4.69, 9.17) is 9.47 Å². The third kappa shape index (κ3) is 5.80. The number of para-hydroxylation sites is 2. The number of benzene rings is 3. The van der Waals surface area contributed by atoms with Gasteiger partial charge in [0.15, 0.2) is 0 Å². The normalized spacial score (nSPS) is 10.4. The van der Waals surface area contributed by atoms with Gasteiger partial charge in [0.1, 0.15) is 6.61 Å². The first-order valence-corrected chi connectivity index (χ1v) is 9.54. The molecule has 0 bridgehead atoms. The van der Waals surface area contributed by atoms with Crippen LogP contribution in [0.5, 0.6) is 0 Å². The Balaban J connectivity index is 1.64. The van der Waals surface area contributed by atoms with Crippen molar-refractivity contribution in [2.24, 2.45) is 0 Å². The van der Waals surface area contributed by atoms with E-state index in [1.54, 1.807) is 6.92 Å². The summed E-state index contributed by atoms with van der Waals surface area (Å²) in [5.41, 5.74) is 4.72. The summed E-state index contributed by atoms with van der Waals surface area (Å²) in [4.78, 5) is 13.5. The highest BCUT2D eigenvalue weighted by molar-refractivity contribution is 5.86. The number of hydrogen-bond donors (Lipinski definition) is 0. The van der Waals surface area contributed by atoms with Crippen molar-refractivity contribution in [3.63, 3.8) is 0 Å². The summed E-state index contributed by atoms with van der Waals surface area (Å²) in [5, 5.41) is 0. The van der Waals surface area contributed by atoms with Crippen LogP contribution in [0.1, 0.15) is 12.5 Å². The van der Waals surface area contributed by atoms with Crippen molar-refractivity contribution in [1.82, 2.24) is 0 Å². The third-order valence-corrected chi connectivity index (χ3v) is 4.30. The predicted molar refractivity (Wildman–Crippen MR) is 117 cm³/mol. The van der Waals surface area contributed by atoms with Crippen LogP contribution >= 0.6 is 0 Å². The van der Waals surface area contributed by atoms with E-state index in [9.17, 15) is 4.79 Å². The maximum absolute atomic E-state index is 11.3. The van der Waals surface area contributed by atoms with Crippen LogP contribution in [0.3, 0.4) is 0 Å².